The number of carbonyl (C=O) groups is 1. The molecule has 0 aliphatic rings. The van der Waals surface area contributed by atoms with Crippen molar-refractivity contribution in [2.45, 2.75) is 0 Å². The fraction of sp³-hybridized carbons (Fsp3) is 0. The second-order valence-corrected chi connectivity index (χ2v) is 1.14. The summed E-state index contributed by atoms with van der Waals surface area (Å²) in [5, 5.41) is 31.6. The first-order valence-electron chi connectivity index (χ1n) is 2.12. The molecule has 0 spiro atoms. The summed E-state index contributed by atoms with van der Waals surface area (Å²) in [5.41, 5.74) is 0. The van der Waals surface area contributed by atoms with Crippen LogP contribution in [-0.2, 0) is 9.31 Å². The summed E-state index contributed by atoms with van der Waals surface area (Å²) in [6.45, 7) is 0. The number of rotatable bonds is 2. The van der Waals surface area contributed by atoms with Gasteiger partial charge in [-0.1, -0.05) is 0 Å². The highest BCUT2D eigenvalue weighted by Crippen LogP contribution is 1.85. The smallest absolute Gasteiger partial charge is 0.453 e. The van der Waals surface area contributed by atoms with Gasteiger partial charge in [-0.05, 0) is 0 Å². The number of hydrogen-bond acceptors (Lipinski definition) is 7. The van der Waals surface area contributed by atoms with Gasteiger partial charge >= 0.3 is 20.8 Å². The van der Waals surface area contributed by atoms with E-state index in [0.29, 0.717) is 0 Å². The zero-order valence-electron chi connectivity index (χ0n) is 4.67. The summed E-state index contributed by atoms with van der Waals surface area (Å²) in [6, 6.07) is 0. The highest BCUT2D eigenvalue weighted by Gasteiger charge is 2.22. The SMILES string of the molecule is O=C(OB(O)O)OB(O)O. The van der Waals surface area contributed by atoms with Gasteiger partial charge in [0.25, 0.3) is 0 Å². The van der Waals surface area contributed by atoms with Gasteiger partial charge in [0, 0.05) is 0 Å². The van der Waals surface area contributed by atoms with Crippen molar-refractivity contribution in [1.29, 1.82) is 0 Å². The standard InChI is InChI=1S/CH4B2O7/c4-1(9-2(5)6)10-3(7)8/h5-8H. The van der Waals surface area contributed by atoms with Gasteiger partial charge in [0.2, 0.25) is 0 Å². The Bertz CT molecular complexity index is 98.2. The van der Waals surface area contributed by atoms with E-state index in [0.717, 1.165) is 0 Å². The predicted octanol–water partition coefficient (Wildman–Crippen LogP) is -2.92. The lowest BCUT2D eigenvalue weighted by Gasteiger charge is -2.02. The van der Waals surface area contributed by atoms with Crippen LogP contribution in [0.5, 0.6) is 0 Å². The molecule has 0 amide bonds. The molecule has 0 heterocycles. The van der Waals surface area contributed by atoms with Crippen molar-refractivity contribution in [1.82, 2.24) is 0 Å². The fourth-order valence-corrected chi connectivity index (χ4v) is 0.200. The van der Waals surface area contributed by atoms with Gasteiger partial charge in [0.1, 0.15) is 0 Å². The summed E-state index contributed by atoms with van der Waals surface area (Å²) in [7, 11) is -4.66. The molecule has 0 rings (SSSR count). The molecule has 0 atom stereocenters. The van der Waals surface area contributed by atoms with E-state index in [9.17, 15) is 4.79 Å². The lowest BCUT2D eigenvalue weighted by atomic mass is 10.2. The molecule has 7 nitrogen and oxygen atoms in total. The van der Waals surface area contributed by atoms with E-state index >= 15 is 0 Å². The minimum Gasteiger partial charge on any atom is -0.453 e. The molecule has 9 heteroatoms. The predicted molar refractivity (Wildman–Crippen MR) is 27.9 cm³/mol. The van der Waals surface area contributed by atoms with Gasteiger partial charge in [-0.25, -0.2) is 4.79 Å². The molecule has 10 heavy (non-hydrogen) atoms. The molecule has 0 unspecified atom stereocenters. The first-order chi connectivity index (χ1) is 4.52. The van der Waals surface area contributed by atoms with E-state index in [1.54, 1.807) is 0 Å². The maximum atomic E-state index is 9.98. The molecule has 56 valence electrons. The third-order valence-electron chi connectivity index (χ3n) is 0.403. The van der Waals surface area contributed by atoms with E-state index in [4.69, 9.17) is 20.1 Å². The molecule has 0 aromatic rings. The first-order valence-corrected chi connectivity index (χ1v) is 2.12. The average Bonchev–Trinajstić information content (AvgIpc) is 1.58. The molecule has 0 aromatic heterocycles. The highest BCUT2D eigenvalue weighted by atomic mass is 16.8. The minimum atomic E-state index is -2.33. The molecule has 0 bridgehead atoms. The summed E-state index contributed by atoms with van der Waals surface area (Å²) in [6.07, 6.45) is -1.59. The van der Waals surface area contributed by atoms with Crippen LogP contribution < -0.4 is 0 Å². The van der Waals surface area contributed by atoms with Gasteiger partial charge in [-0.2, -0.15) is 0 Å². The van der Waals surface area contributed by atoms with Crippen LogP contribution in [0.25, 0.3) is 0 Å². The van der Waals surface area contributed by atoms with Crippen molar-refractivity contribution < 1.29 is 34.2 Å². The molecule has 0 radical (unpaired) electrons. The topological polar surface area (TPSA) is 116 Å². The summed E-state index contributed by atoms with van der Waals surface area (Å²) < 4.78 is 6.98. The minimum absolute atomic E-state index is 1.59. The van der Waals surface area contributed by atoms with Crippen molar-refractivity contribution in [3.05, 3.63) is 0 Å². The monoisotopic (exact) mass is 150 g/mol. The maximum Gasteiger partial charge on any atom is 0.711 e. The second-order valence-electron chi connectivity index (χ2n) is 1.14. The molecule has 0 aliphatic heterocycles. The van der Waals surface area contributed by atoms with Crippen LogP contribution in [0.15, 0.2) is 0 Å². The fourth-order valence-electron chi connectivity index (χ4n) is 0.200. The van der Waals surface area contributed by atoms with Crippen LogP contribution in [-0.4, -0.2) is 40.9 Å². The molecule has 0 aromatic carbocycles. The van der Waals surface area contributed by atoms with Crippen LogP contribution >= 0.6 is 0 Å². The van der Waals surface area contributed by atoms with Gasteiger partial charge in [0.05, 0.1) is 0 Å². The van der Waals surface area contributed by atoms with Gasteiger partial charge in [0.15, 0.2) is 0 Å². The molecule has 0 aliphatic carbocycles. The summed E-state index contributed by atoms with van der Waals surface area (Å²) in [4.78, 5) is 9.98. The maximum absolute atomic E-state index is 9.98. The zero-order chi connectivity index (χ0) is 8.15. The van der Waals surface area contributed by atoms with E-state index in [1.807, 2.05) is 0 Å². The molecule has 0 saturated heterocycles. The third-order valence-corrected chi connectivity index (χ3v) is 0.403. The molecule has 0 saturated carbocycles. The summed E-state index contributed by atoms with van der Waals surface area (Å²) in [5.74, 6) is 0. The molecular weight excluding hydrogens is 146 g/mol. The van der Waals surface area contributed by atoms with Crippen LogP contribution in [0.1, 0.15) is 0 Å². The van der Waals surface area contributed by atoms with E-state index in [2.05, 4.69) is 9.31 Å². The van der Waals surface area contributed by atoms with Gasteiger partial charge in [-0.15, -0.1) is 0 Å². The Labute approximate surface area is 56.2 Å². The van der Waals surface area contributed by atoms with Gasteiger partial charge < -0.3 is 29.4 Å². The Kier molecular flexibility index (Phi) is 3.81. The lowest BCUT2D eigenvalue weighted by Crippen LogP contribution is -2.28. The van der Waals surface area contributed by atoms with Crippen molar-refractivity contribution in [2.75, 3.05) is 0 Å². The quantitative estimate of drug-likeness (QED) is 0.311. The Morgan fingerprint density at radius 3 is 1.50 bits per heavy atom. The Morgan fingerprint density at radius 2 is 1.30 bits per heavy atom. The highest BCUT2D eigenvalue weighted by molar-refractivity contribution is 6.38. The van der Waals surface area contributed by atoms with Crippen LogP contribution in [0.2, 0.25) is 0 Å². The second kappa shape index (κ2) is 4.12. The Balaban J connectivity index is 3.44. The first kappa shape index (κ1) is 9.24. The lowest BCUT2D eigenvalue weighted by molar-refractivity contribution is 0.106. The molecule has 0 fully saturated rings. The normalized spacial score (nSPS) is 8.40. The Morgan fingerprint density at radius 1 is 1.00 bits per heavy atom. The molecular formula is CH4B2O7. The van der Waals surface area contributed by atoms with Crippen LogP contribution in [0.3, 0.4) is 0 Å². The zero-order valence-corrected chi connectivity index (χ0v) is 4.67. The van der Waals surface area contributed by atoms with Crippen LogP contribution in [0, 0.1) is 0 Å². The molecule has 4 N–H and O–H groups in total. The Hall–Kier alpha value is -0.760. The van der Waals surface area contributed by atoms with Crippen molar-refractivity contribution in [3.8, 4) is 0 Å². The van der Waals surface area contributed by atoms with E-state index in [-0.39, 0.29) is 0 Å². The summed E-state index contributed by atoms with van der Waals surface area (Å²) >= 11 is 0. The number of carbonyl (C=O) groups excluding carboxylic acids is 1. The number of hydrogen-bond donors (Lipinski definition) is 4. The van der Waals surface area contributed by atoms with Crippen molar-refractivity contribution >= 4 is 20.8 Å². The third kappa shape index (κ3) is 5.38. The average molecular weight is 150 g/mol. The largest absolute Gasteiger partial charge is 0.711 e. The van der Waals surface area contributed by atoms with Gasteiger partial charge in [-0.3, -0.25) is 0 Å². The van der Waals surface area contributed by atoms with Crippen LogP contribution in [0.4, 0.5) is 4.79 Å². The van der Waals surface area contributed by atoms with E-state index < -0.39 is 20.8 Å². The van der Waals surface area contributed by atoms with E-state index in [1.165, 1.54) is 0 Å². The van der Waals surface area contributed by atoms with Crippen molar-refractivity contribution in [2.24, 2.45) is 0 Å². The van der Waals surface area contributed by atoms with Crippen molar-refractivity contribution in [3.63, 3.8) is 0 Å².